The molecule has 1 aromatic heterocycles. The summed E-state index contributed by atoms with van der Waals surface area (Å²) < 4.78 is 0. The van der Waals surface area contributed by atoms with Crippen LogP contribution in [0.4, 0.5) is 0 Å². The third-order valence-electron chi connectivity index (χ3n) is 3.00. The molecule has 2 unspecified atom stereocenters. The minimum absolute atomic E-state index is 0.0107. The van der Waals surface area contributed by atoms with Crippen molar-refractivity contribution in [3.8, 4) is 0 Å². The van der Waals surface area contributed by atoms with Gasteiger partial charge in [-0.3, -0.25) is 0 Å². The summed E-state index contributed by atoms with van der Waals surface area (Å²) in [5.41, 5.74) is 7.36. The molecule has 20 heavy (non-hydrogen) atoms. The summed E-state index contributed by atoms with van der Waals surface area (Å²) in [6.07, 6.45) is 2.61. The molecule has 5 heteroatoms. The number of nitrogens with two attached hydrogens (primary N) is 1. The van der Waals surface area contributed by atoms with Crippen LogP contribution in [0.25, 0.3) is 0 Å². The summed E-state index contributed by atoms with van der Waals surface area (Å²) in [5, 5.41) is 2.23. The van der Waals surface area contributed by atoms with Crippen LogP contribution in [0.15, 0.2) is 47.6 Å². The lowest BCUT2D eigenvalue weighted by molar-refractivity contribution is 0.633. The molecule has 2 atom stereocenters. The molecule has 0 saturated carbocycles. The smallest absolute Gasteiger partial charge is 0.115 e. The molecule has 0 aliphatic heterocycles. The van der Waals surface area contributed by atoms with Gasteiger partial charge in [0.2, 0.25) is 0 Å². The molecule has 2 rings (SSSR count). The standard InChI is InChI=1S/C15H16Cl2N2S/c1-2-13(18)14(10-5-3-6-11(16)9-10)20-15-12(17)7-4-8-19-15/h3-9,13-14H,2,18H2,1H3. The fraction of sp³-hybridized carbons (Fsp3) is 0.267. The lowest BCUT2D eigenvalue weighted by Gasteiger charge is -2.23. The number of halogens is 2. The predicted molar refractivity (Wildman–Crippen MR) is 87.6 cm³/mol. The van der Waals surface area contributed by atoms with Crippen molar-refractivity contribution < 1.29 is 0 Å². The van der Waals surface area contributed by atoms with Gasteiger partial charge in [0.15, 0.2) is 0 Å². The van der Waals surface area contributed by atoms with Gasteiger partial charge in [0, 0.05) is 17.3 Å². The molecule has 0 fully saturated rings. The Morgan fingerprint density at radius 1 is 1.25 bits per heavy atom. The van der Waals surface area contributed by atoms with E-state index in [1.807, 2.05) is 36.4 Å². The fourth-order valence-electron chi connectivity index (χ4n) is 1.88. The molecule has 2 nitrogen and oxygen atoms in total. The topological polar surface area (TPSA) is 38.9 Å². The van der Waals surface area contributed by atoms with Crippen molar-refractivity contribution in [2.45, 2.75) is 29.7 Å². The van der Waals surface area contributed by atoms with Gasteiger partial charge in [-0.2, -0.15) is 0 Å². The van der Waals surface area contributed by atoms with E-state index in [9.17, 15) is 0 Å². The van der Waals surface area contributed by atoms with Gasteiger partial charge in [-0.25, -0.2) is 4.98 Å². The predicted octanol–water partition coefficient (Wildman–Crippen LogP) is 4.96. The van der Waals surface area contributed by atoms with Gasteiger partial charge in [0.1, 0.15) is 5.03 Å². The number of thioether (sulfide) groups is 1. The molecule has 1 aromatic carbocycles. The lowest BCUT2D eigenvalue weighted by atomic mass is 10.0. The van der Waals surface area contributed by atoms with Crippen molar-refractivity contribution in [1.29, 1.82) is 0 Å². The van der Waals surface area contributed by atoms with Gasteiger partial charge < -0.3 is 5.73 Å². The maximum Gasteiger partial charge on any atom is 0.115 e. The molecular weight excluding hydrogens is 311 g/mol. The normalized spacial score (nSPS) is 14.0. The highest BCUT2D eigenvalue weighted by Crippen LogP contribution is 2.40. The number of rotatable bonds is 5. The summed E-state index contributed by atoms with van der Waals surface area (Å²) in [6, 6.07) is 11.5. The van der Waals surface area contributed by atoms with Crippen molar-refractivity contribution in [3.63, 3.8) is 0 Å². The minimum Gasteiger partial charge on any atom is -0.326 e. The molecule has 0 amide bonds. The van der Waals surface area contributed by atoms with E-state index in [2.05, 4.69) is 11.9 Å². The van der Waals surface area contributed by atoms with Crippen LogP contribution in [0.3, 0.4) is 0 Å². The van der Waals surface area contributed by atoms with Crippen molar-refractivity contribution in [1.82, 2.24) is 4.98 Å². The number of aromatic nitrogens is 1. The van der Waals surface area contributed by atoms with Crippen LogP contribution in [0, 0.1) is 0 Å². The van der Waals surface area contributed by atoms with Crippen LogP contribution in [0.1, 0.15) is 24.2 Å². The Balaban J connectivity index is 2.31. The van der Waals surface area contributed by atoms with Crippen LogP contribution in [0.2, 0.25) is 10.0 Å². The van der Waals surface area contributed by atoms with Crippen LogP contribution >= 0.6 is 35.0 Å². The number of pyridine rings is 1. The highest BCUT2D eigenvalue weighted by molar-refractivity contribution is 7.99. The first-order chi connectivity index (χ1) is 9.61. The van der Waals surface area contributed by atoms with E-state index in [-0.39, 0.29) is 11.3 Å². The molecule has 0 aliphatic rings. The molecule has 0 aliphatic carbocycles. The zero-order valence-electron chi connectivity index (χ0n) is 11.1. The zero-order chi connectivity index (χ0) is 14.5. The first-order valence-corrected chi connectivity index (χ1v) is 8.03. The molecule has 0 saturated heterocycles. The van der Waals surface area contributed by atoms with Crippen LogP contribution in [-0.2, 0) is 0 Å². The lowest BCUT2D eigenvalue weighted by Crippen LogP contribution is -2.25. The van der Waals surface area contributed by atoms with E-state index in [0.717, 1.165) is 17.0 Å². The molecule has 1 heterocycles. The van der Waals surface area contributed by atoms with E-state index in [4.69, 9.17) is 28.9 Å². The number of benzene rings is 1. The molecule has 0 bridgehead atoms. The fourth-order valence-corrected chi connectivity index (χ4v) is 3.53. The monoisotopic (exact) mass is 326 g/mol. The summed E-state index contributed by atoms with van der Waals surface area (Å²) in [7, 11) is 0. The average molecular weight is 327 g/mol. The summed E-state index contributed by atoms with van der Waals surface area (Å²) in [4.78, 5) is 4.33. The molecular formula is C15H16Cl2N2S. The quantitative estimate of drug-likeness (QED) is 0.789. The van der Waals surface area contributed by atoms with E-state index >= 15 is 0 Å². The molecule has 0 spiro atoms. The first kappa shape index (κ1) is 15.6. The second-order valence-corrected chi connectivity index (χ2v) is 6.43. The Bertz CT molecular complexity index is 577. The Morgan fingerprint density at radius 3 is 2.70 bits per heavy atom. The maximum atomic E-state index is 6.26. The van der Waals surface area contributed by atoms with E-state index in [1.165, 1.54) is 0 Å². The highest BCUT2D eigenvalue weighted by atomic mass is 35.5. The number of hydrogen-bond acceptors (Lipinski definition) is 3. The summed E-state index contributed by atoms with van der Waals surface area (Å²) in [5.74, 6) is 0. The Morgan fingerprint density at radius 2 is 2.05 bits per heavy atom. The van der Waals surface area contributed by atoms with Gasteiger partial charge in [-0.15, -0.1) is 0 Å². The molecule has 0 radical (unpaired) electrons. The minimum atomic E-state index is 0.0107. The third kappa shape index (κ3) is 3.89. The Kier molecular flexibility index (Phi) is 5.73. The number of hydrogen-bond donors (Lipinski definition) is 1. The van der Waals surface area contributed by atoms with E-state index in [0.29, 0.717) is 10.0 Å². The van der Waals surface area contributed by atoms with E-state index < -0.39 is 0 Å². The average Bonchev–Trinajstić information content (AvgIpc) is 2.45. The molecule has 2 aromatic rings. The number of nitrogens with zero attached hydrogens (tertiary/aromatic N) is 1. The van der Waals surface area contributed by atoms with Crippen molar-refractivity contribution in [3.05, 3.63) is 58.2 Å². The van der Waals surface area contributed by atoms with Crippen molar-refractivity contribution >= 4 is 35.0 Å². The Hall–Kier alpha value is -0.740. The molecule has 2 N–H and O–H groups in total. The summed E-state index contributed by atoms with van der Waals surface area (Å²) in [6.45, 7) is 2.07. The van der Waals surface area contributed by atoms with Gasteiger partial charge in [0.05, 0.1) is 10.3 Å². The van der Waals surface area contributed by atoms with Gasteiger partial charge in [-0.05, 0) is 36.2 Å². The molecule has 106 valence electrons. The van der Waals surface area contributed by atoms with Gasteiger partial charge in [0.25, 0.3) is 0 Å². The maximum absolute atomic E-state index is 6.26. The largest absolute Gasteiger partial charge is 0.326 e. The second-order valence-electron chi connectivity index (χ2n) is 4.46. The van der Waals surface area contributed by atoms with Crippen molar-refractivity contribution in [2.24, 2.45) is 5.73 Å². The van der Waals surface area contributed by atoms with Gasteiger partial charge in [-0.1, -0.05) is 54.0 Å². The van der Waals surface area contributed by atoms with Crippen LogP contribution in [0.5, 0.6) is 0 Å². The first-order valence-electron chi connectivity index (χ1n) is 6.40. The van der Waals surface area contributed by atoms with Crippen LogP contribution in [-0.4, -0.2) is 11.0 Å². The summed E-state index contributed by atoms with van der Waals surface area (Å²) >= 11 is 13.8. The Labute approximate surface area is 133 Å². The zero-order valence-corrected chi connectivity index (χ0v) is 13.4. The van der Waals surface area contributed by atoms with Crippen LogP contribution < -0.4 is 5.73 Å². The third-order valence-corrected chi connectivity index (χ3v) is 5.08. The second kappa shape index (κ2) is 7.32. The highest BCUT2D eigenvalue weighted by Gasteiger charge is 2.21. The van der Waals surface area contributed by atoms with E-state index in [1.54, 1.807) is 18.0 Å². The SMILES string of the molecule is CCC(N)C(Sc1ncccc1Cl)c1cccc(Cl)c1. The van der Waals surface area contributed by atoms with Gasteiger partial charge >= 0.3 is 0 Å². The van der Waals surface area contributed by atoms with Crippen molar-refractivity contribution in [2.75, 3.05) is 0 Å².